The number of benzene rings is 1. The van der Waals surface area contributed by atoms with Gasteiger partial charge in [0.1, 0.15) is 0 Å². The molecule has 0 saturated heterocycles. The van der Waals surface area contributed by atoms with Crippen LogP contribution in [0, 0.1) is 0 Å². The Kier molecular flexibility index (Phi) is 3.74. The molecule has 2 heteroatoms. The molecule has 0 radical (unpaired) electrons. The molecule has 1 atom stereocenters. The summed E-state index contributed by atoms with van der Waals surface area (Å²) in [5.74, 6) is 0. The molecule has 0 aliphatic carbocycles. The molecule has 12 heavy (non-hydrogen) atoms. The number of halogens is 1. The summed E-state index contributed by atoms with van der Waals surface area (Å²) in [4.78, 5) is 0. The SMILES string of the molecule is CCc1ccc(Br)c(P)c1CC. The van der Waals surface area contributed by atoms with E-state index in [9.17, 15) is 0 Å². The highest BCUT2D eigenvalue weighted by molar-refractivity contribution is 9.10. The first kappa shape index (κ1) is 10.2. The second kappa shape index (κ2) is 4.39. The van der Waals surface area contributed by atoms with Gasteiger partial charge < -0.3 is 0 Å². The van der Waals surface area contributed by atoms with E-state index in [1.54, 1.807) is 0 Å². The molecule has 0 nitrogen and oxygen atoms in total. The van der Waals surface area contributed by atoms with E-state index in [1.165, 1.54) is 20.9 Å². The average molecular weight is 245 g/mol. The van der Waals surface area contributed by atoms with Crippen LogP contribution in [-0.4, -0.2) is 0 Å². The molecule has 0 bridgehead atoms. The van der Waals surface area contributed by atoms with Crippen molar-refractivity contribution in [3.05, 3.63) is 27.7 Å². The predicted molar refractivity (Wildman–Crippen MR) is 62.2 cm³/mol. The summed E-state index contributed by atoms with van der Waals surface area (Å²) in [6, 6.07) is 4.33. The maximum absolute atomic E-state index is 3.53. The highest BCUT2D eigenvalue weighted by Crippen LogP contribution is 2.18. The maximum Gasteiger partial charge on any atom is 0.0249 e. The smallest absolute Gasteiger partial charge is 0.0249 e. The molecule has 0 heterocycles. The van der Waals surface area contributed by atoms with Gasteiger partial charge in [0.05, 0.1) is 0 Å². The normalized spacial score (nSPS) is 10.3. The molecule has 0 spiro atoms. The standard InChI is InChI=1S/C10H14BrP/c1-3-7-5-6-9(11)10(12)8(7)4-2/h5-6H,3-4,12H2,1-2H3. The molecule has 0 aliphatic heterocycles. The molecule has 1 rings (SSSR count). The predicted octanol–water partition coefficient (Wildman–Crippen LogP) is 3.07. The lowest BCUT2D eigenvalue weighted by Gasteiger charge is -2.10. The second-order valence-corrected chi connectivity index (χ2v) is 4.24. The van der Waals surface area contributed by atoms with E-state index in [2.05, 4.69) is 51.1 Å². The van der Waals surface area contributed by atoms with E-state index in [0.29, 0.717) is 0 Å². The van der Waals surface area contributed by atoms with Crippen LogP contribution in [0.2, 0.25) is 0 Å². The number of rotatable bonds is 2. The molecular weight excluding hydrogens is 231 g/mol. The largest absolute Gasteiger partial charge is 0.104 e. The monoisotopic (exact) mass is 244 g/mol. The summed E-state index contributed by atoms with van der Waals surface area (Å²) in [6.45, 7) is 4.40. The third kappa shape index (κ3) is 1.89. The fraction of sp³-hybridized carbons (Fsp3) is 0.400. The molecule has 0 aromatic heterocycles. The Hall–Kier alpha value is 0.130. The van der Waals surface area contributed by atoms with E-state index >= 15 is 0 Å². The second-order valence-electron chi connectivity index (χ2n) is 2.81. The van der Waals surface area contributed by atoms with Crippen molar-refractivity contribution < 1.29 is 0 Å². The highest BCUT2D eigenvalue weighted by Gasteiger charge is 2.04. The molecule has 0 N–H and O–H groups in total. The molecule has 1 aromatic carbocycles. The fourth-order valence-electron chi connectivity index (χ4n) is 1.43. The lowest BCUT2D eigenvalue weighted by Crippen LogP contribution is -2.06. The number of hydrogen-bond acceptors (Lipinski definition) is 0. The van der Waals surface area contributed by atoms with Gasteiger partial charge in [-0.1, -0.05) is 35.8 Å². The minimum atomic E-state index is 1.11. The van der Waals surface area contributed by atoms with Gasteiger partial charge in [0, 0.05) is 4.47 Å². The van der Waals surface area contributed by atoms with Gasteiger partial charge in [-0.2, -0.15) is 0 Å². The van der Waals surface area contributed by atoms with Gasteiger partial charge in [0.2, 0.25) is 0 Å². The van der Waals surface area contributed by atoms with Crippen LogP contribution < -0.4 is 5.30 Å². The van der Waals surface area contributed by atoms with Crippen LogP contribution in [0.5, 0.6) is 0 Å². The van der Waals surface area contributed by atoms with E-state index in [1.807, 2.05) is 0 Å². The van der Waals surface area contributed by atoms with Gasteiger partial charge >= 0.3 is 0 Å². The van der Waals surface area contributed by atoms with Crippen molar-refractivity contribution in [3.63, 3.8) is 0 Å². The zero-order valence-electron chi connectivity index (χ0n) is 7.52. The first-order valence-corrected chi connectivity index (χ1v) is 5.63. The topological polar surface area (TPSA) is 0 Å². The van der Waals surface area contributed by atoms with Gasteiger partial charge in [-0.15, -0.1) is 9.24 Å². The van der Waals surface area contributed by atoms with Crippen molar-refractivity contribution in [3.8, 4) is 0 Å². The van der Waals surface area contributed by atoms with Crippen molar-refractivity contribution in [2.45, 2.75) is 26.7 Å². The van der Waals surface area contributed by atoms with Gasteiger partial charge in [-0.25, -0.2) is 0 Å². The third-order valence-corrected chi connectivity index (χ3v) is 3.91. The zero-order chi connectivity index (χ0) is 9.14. The highest BCUT2D eigenvalue weighted by atomic mass is 79.9. The average Bonchev–Trinajstić information content (AvgIpc) is 2.09. The minimum absolute atomic E-state index is 1.11. The molecule has 0 fully saturated rings. The van der Waals surface area contributed by atoms with Crippen LogP contribution >= 0.6 is 25.2 Å². The summed E-state index contributed by atoms with van der Waals surface area (Å²) in [7, 11) is 2.81. The van der Waals surface area contributed by atoms with Crippen LogP contribution in [0.25, 0.3) is 0 Å². The molecule has 0 amide bonds. The van der Waals surface area contributed by atoms with Gasteiger partial charge in [0.25, 0.3) is 0 Å². The molecular formula is C10H14BrP. The maximum atomic E-state index is 3.53. The van der Waals surface area contributed by atoms with Crippen LogP contribution in [0.4, 0.5) is 0 Å². The summed E-state index contributed by atoms with van der Waals surface area (Å²) < 4.78 is 1.20. The molecule has 66 valence electrons. The van der Waals surface area contributed by atoms with Crippen molar-refractivity contribution in [1.82, 2.24) is 0 Å². The van der Waals surface area contributed by atoms with Gasteiger partial charge in [-0.05, 0) is 35.3 Å². The summed E-state index contributed by atoms with van der Waals surface area (Å²) in [5.41, 5.74) is 2.93. The van der Waals surface area contributed by atoms with E-state index in [0.717, 1.165) is 12.8 Å². The number of hydrogen-bond donors (Lipinski definition) is 0. The molecule has 1 aromatic rings. The lowest BCUT2D eigenvalue weighted by atomic mass is 10.0. The Labute approximate surface area is 85.1 Å². The van der Waals surface area contributed by atoms with E-state index in [-0.39, 0.29) is 0 Å². The van der Waals surface area contributed by atoms with Crippen LogP contribution in [0.15, 0.2) is 16.6 Å². The first-order valence-electron chi connectivity index (χ1n) is 4.26. The Morgan fingerprint density at radius 2 is 1.92 bits per heavy atom. The van der Waals surface area contributed by atoms with Crippen LogP contribution in [0.1, 0.15) is 25.0 Å². The van der Waals surface area contributed by atoms with Crippen LogP contribution in [0.3, 0.4) is 0 Å². The molecule has 0 saturated carbocycles. The lowest BCUT2D eigenvalue weighted by molar-refractivity contribution is 1.05. The van der Waals surface area contributed by atoms with Gasteiger partial charge in [0.15, 0.2) is 0 Å². The molecule has 1 unspecified atom stereocenters. The van der Waals surface area contributed by atoms with E-state index in [4.69, 9.17) is 0 Å². The van der Waals surface area contributed by atoms with Crippen molar-refractivity contribution in [1.29, 1.82) is 0 Å². The summed E-state index contributed by atoms with van der Waals surface area (Å²) >= 11 is 3.53. The Morgan fingerprint density at radius 3 is 2.42 bits per heavy atom. The fourth-order valence-corrected chi connectivity index (χ4v) is 2.29. The van der Waals surface area contributed by atoms with Crippen molar-refractivity contribution in [2.24, 2.45) is 0 Å². The first-order chi connectivity index (χ1) is 5.70. The van der Waals surface area contributed by atoms with Gasteiger partial charge in [-0.3, -0.25) is 0 Å². The Morgan fingerprint density at radius 1 is 1.25 bits per heavy atom. The summed E-state index contributed by atoms with van der Waals surface area (Å²) in [6.07, 6.45) is 2.24. The summed E-state index contributed by atoms with van der Waals surface area (Å²) in [5, 5.41) is 1.32. The van der Waals surface area contributed by atoms with Crippen molar-refractivity contribution in [2.75, 3.05) is 0 Å². The minimum Gasteiger partial charge on any atom is -0.104 e. The van der Waals surface area contributed by atoms with E-state index < -0.39 is 0 Å². The Bertz CT molecular complexity index is 281. The molecule has 0 aliphatic rings. The number of aryl methyl sites for hydroxylation is 1. The zero-order valence-corrected chi connectivity index (χ0v) is 10.3. The van der Waals surface area contributed by atoms with Crippen LogP contribution in [-0.2, 0) is 12.8 Å². The third-order valence-electron chi connectivity index (χ3n) is 2.14. The quantitative estimate of drug-likeness (QED) is 0.702. The Balaban J connectivity index is 3.25. The van der Waals surface area contributed by atoms with Crippen molar-refractivity contribution >= 4 is 30.5 Å².